The molecule has 10 heteroatoms. The number of benzene rings is 1. The number of aromatic nitrogens is 3. The van der Waals surface area contributed by atoms with Crippen molar-refractivity contribution in [3.8, 4) is 0 Å². The number of rotatable bonds is 6. The van der Waals surface area contributed by atoms with Crippen LogP contribution in [0.1, 0.15) is 45.8 Å². The summed E-state index contributed by atoms with van der Waals surface area (Å²) in [5.74, 6) is 1.41. The lowest BCUT2D eigenvalue weighted by Crippen LogP contribution is -2.48. The van der Waals surface area contributed by atoms with Crippen molar-refractivity contribution in [2.45, 2.75) is 44.6 Å². The maximum absolute atomic E-state index is 13.2. The minimum atomic E-state index is 0.0484. The molecule has 2 N–H and O–H groups in total. The molecule has 1 aromatic carbocycles. The first-order chi connectivity index (χ1) is 20.6. The van der Waals surface area contributed by atoms with Crippen molar-refractivity contribution in [1.82, 2.24) is 25.2 Å². The summed E-state index contributed by atoms with van der Waals surface area (Å²) in [5, 5.41) is 6.83. The van der Waals surface area contributed by atoms with Crippen LogP contribution in [0.4, 0.5) is 23.1 Å². The number of aryl methyl sites for hydroxylation is 2. The summed E-state index contributed by atoms with van der Waals surface area (Å²) in [5.41, 5.74) is 5.12. The van der Waals surface area contributed by atoms with Crippen LogP contribution in [-0.2, 0) is 12.8 Å². The zero-order valence-corrected chi connectivity index (χ0v) is 25.0. The molecule has 4 aromatic rings. The van der Waals surface area contributed by atoms with Gasteiger partial charge in [0.05, 0.1) is 10.4 Å². The zero-order chi connectivity index (χ0) is 28.5. The number of likely N-dealkylation sites (N-methyl/N-ethyl adjacent to an activating group) is 1. The number of hydrogen-bond donors (Lipinski definition) is 2. The van der Waals surface area contributed by atoms with Gasteiger partial charge in [0.25, 0.3) is 5.91 Å². The number of carbonyl (C=O) groups is 1. The van der Waals surface area contributed by atoms with Crippen LogP contribution in [0, 0.1) is 0 Å². The van der Waals surface area contributed by atoms with Crippen LogP contribution in [0.15, 0.2) is 48.7 Å². The lowest BCUT2D eigenvalue weighted by Gasteiger charge is -2.34. The molecule has 42 heavy (non-hydrogen) atoms. The fourth-order valence-electron chi connectivity index (χ4n) is 6.28. The van der Waals surface area contributed by atoms with Crippen molar-refractivity contribution < 1.29 is 4.79 Å². The van der Waals surface area contributed by atoms with E-state index in [1.807, 2.05) is 12.1 Å². The van der Waals surface area contributed by atoms with Gasteiger partial charge < -0.3 is 25.3 Å². The molecule has 218 valence electrons. The van der Waals surface area contributed by atoms with Gasteiger partial charge in [0.2, 0.25) is 5.95 Å². The van der Waals surface area contributed by atoms with Gasteiger partial charge in [-0.3, -0.25) is 9.78 Å². The van der Waals surface area contributed by atoms with Crippen LogP contribution in [-0.4, -0.2) is 78.1 Å². The Morgan fingerprint density at radius 2 is 1.79 bits per heavy atom. The first-order valence-electron chi connectivity index (χ1n) is 15.2. The standard InChI is InChI=1S/C32H38N8OS/c1-38-16-18-39(19-17-38)25-12-10-23(11-13-25)34-30-29-26(8-4-14-33-29)36-32(37-30)40-15-5-7-24(21-40)35-31(41)28-20-22-6-2-3-9-27(22)42-28/h4,8,10-14,20,24H,2-3,5-7,9,15-19,21H2,1H3,(H,35,41)(H,34,36,37). The summed E-state index contributed by atoms with van der Waals surface area (Å²) in [6.07, 6.45) is 8.36. The van der Waals surface area contributed by atoms with Crippen LogP contribution in [0.5, 0.6) is 0 Å². The van der Waals surface area contributed by atoms with E-state index in [0.717, 1.165) is 80.0 Å². The number of piperidine rings is 1. The number of piperazine rings is 1. The largest absolute Gasteiger partial charge is 0.369 e. The lowest BCUT2D eigenvalue weighted by atomic mass is 9.99. The molecule has 0 saturated carbocycles. The van der Waals surface area contributed by atoms with Crippen molar-refractivity contribution in [3.63, 3.8) is 0 Å². The predicted molar refractivity (Wildman–Crippen MR) is 170 cm³/mol. The number of pyridine rings is 1. The number of hydrogen-bond acceptors (Lipinski definition) is 9. The molecule has 2 aliphatic heterocycles. The Hall–Kier alpha value is -3.76. The van der Waals surface area contributed by atoms with Crippen LogP contribution < -0.4 is 20.4 Å². The number of nitrogens with one attached hydrogen (secondary N) is 2. The normalized spacial score (nSPS) is 19.5. The Morgan fingerprint density at radius 3 is 2.62 bits per heavy atom. The maximum Gasteiger partial charge on any atom is 0.261 e. The summed E-state index contributed by atoms with van der Waals surface area (Å²) >= 11 is 1.67. The molecule has 2 fully saturated rings. The van der Waals surface area contributed by atoms with E-state index >= 15 is 0 Å². The number of carbonyl (C=O) groups excluding carboxylic acids is 1. The minimum Gasteiger partial charge on any atom is -0.369 e. The molecule has 1 amide bonds. The van der Waals surface area contributed by atoms with Crippen LogP contribution in [0.25, 0.3) is 11.0 Å². The highest BCUT2D eigenvalue weighted by molar-refractivity contribution is 7.14. The molecule has 1 aliphatic carbocycles. The number of amides is 1. The van der Waals surface area contributed by atoms with E-state index in [1.165, 1.54) is 29.0 Å². The first kappa shape index (κ1) is 27.1. The van der Waals surface area contributed by atoms with Gasteiger partial charge in [0, 0.05) is 67.8 Å². The van der Waals surface area contributed by atoms with Gasteiger partial charge in [-0.05, 0) is 93.6 Å². The number of thiophene rings is 1. The molecule has 3 aliphatic rings. The van der Waals surface area contributed by atoms with Crippen molar-refractivity contribution in [1.29, 1.82) is 0 Å². The predicted octanol–water partition coefficient (Wildman–Crippen LogP) is 4.86. The smallest absolute Gasteiger partial charge is 0.261 e. The van der Waals surface area contributed by atoms with E-state index in [2.05, 4.69) is 67.7 Å². The SMILES string of the molecule is CN1CCN(c2ccc(Nc3nc(N4CCCC(NC(=O)c5cc6c(s5)CCCC6)C4)nc4cccnc34)cc2)CC1. The van der Waals surface area contributed by atoms with Crippen LogP contribution in [0.3, 0.4) is 0 Å². The van der Waals surface area contributed by atoms with Gasteiger partial charge in [-0.25, -0.2) is 4.98 Å². The van der Waals surface area contributed by atoms with Crippen molar-refractivity contribution in [3.05, 3.63) is 64.0 Å². The van der Waals surface area contributed by atoms with E-state index in [0.29, 0.717) is 18.3 Å². The van der Waals surface area contributed by atoms with Crippen LogP contribution >= 0.6 is 11.3 Å². The average molecular weight is 583 g/mol. The average Bonchev–Trinajstić information content (AvgIpc) is 3.47. The fourth-order valence-corrected chi connectivity index (χ4v) is 7.43. The van der Waals surface area contributed by atoms with Crippen molar-refractivity contribution >= 4 is 51.4 Å². The second-order valence-corrected chi connectivity index (χ2v) is 12.9. The first-order valence-corrected chi connectivity index (χ1v) is 16.0. The summed E-state index contributed by atoms with van der Waals surface area (Å²) in [7, 11) is 2.18. The van der Waals surface area contributed by atoms with Gasteiger partial charge in [0.15, 0.2) is 5.82 Å². The zero-order valence-electron chi connectivity index (χ0n) is 24.2. The summed E-state index contributed by atoms with van der Waals surface area (Å²) in [6, 6.07) is 14.6. The van der Waals surface area contributed by atoms with E-state index in [9.17, 15) is 4.79 Å². The number of fused-ring (bicyclic) bond motifs is 2. The molecule has 3 aromatic heterocycles. The molecule has 0 bridgehead atoms. The molecule has 9 nitrogen and oxygen atoms in total. The second-order valence-electron chi connectivity index (χ2n) is 11.7. The topological polar surface area (TPSA) is 89.5 Å². The molecule has 1 atom stereocenters. The fraction of sp³-hybridized carbons (Fsp3) is 0.438. The summed E-state index contributed by atoms with van der Waals surface area (Å²) in [6.45, 7) is 5.78. The number of anilines is 4. The van der Waals surface area contributed by atoms with Gasteiger partial charge in [-0.2, -0.15) is 4.98 Å². The Kier molecular flexibility index (Phi) is 7.65. The van der Waals surface area contributed by atoms with Gasteiger partial charge in [-0.15, -0.1) is 11.3 Å². The molecule has 2 saturated heterocycles. The maximum atomic E-state index is 13.2. The van der Waals surface area contributed by atoms with Gasteiger partial charge in [-0.1, -0.05) is 0 Å². The third-order valence-electron chi connectivity index (χ3n) is 8.70. The molecular formula is C32H38N8OS. The molecule has 1 unspecified atom stereocenters. The molecule has 0 spiro atoms. The van der Waals surface area contributed by atoms with Crippen LogP contribution in [0.2, 0.25) is 0 Å². The van der Waals surface area contributed by atoms with E-state index in [-0.39, 0.29) is 11.9 Å². The van der Waals surface area contributed by atoms with E-state index in [1.54, 1.807) is 17.5 Å². The van der Waals surface area contributed by atoms with Crippen molar-refractivity contribution in [2.75, 3.05) is 61.4 Å². The Bertz CT molecular complexity index is 1540. The third kappa shape index (κ3) is 5.78. The highest BCUT2D eigenvalue weighted by Gasteiger charge is 2.26. The molecule has 0 radical (unpaired) electrons. The highest BCUT2D eigenvalue weighted by Crippen LogP contribution is 2.31. The van der Waals surface area contributed by atoms with Gasteiger partial charge in [0.1, 0.15) is 5.52 Å². The van der Waals surface area contributed by atoms with Gasteiger partial charge >= 0.3 is 0 Å². The summed E-state index contributed by atoms with van der Waals surface area (Å²) in [4.78, 5) is 36.9. The highest BCUT2D eigenvalue weighted by atomic mass is 32.1. The van der Waals surface area contributed by atoms with E-state index in [4.69, 9.17) is 9.97 Å². The van der Waals surface area contributed by atoms with E-state index < -0.39 is 0 Å². The quantitative estimate of drug-likeness (QED) is 0.333. The third-order valence-corrected chi connectivity index (χ3v) is 9.94. The molecule has 7 rings (SSSR count). The van der Waals surface area contributed by atoms with Crippen molar-refractivity contribution in [2.24, 2.45) is 0 Å². The lowest BCUT2D eigenvalue weighted by molar-refractivity contribution is 0.0937. The Balaban J connectivity index is 1.07. The Morgan fingerprint density at radius 1 is 0.952 bits per heavy atom. The molecule has 5 heterocycles. The minimum absolute atomic E-state index is 0.0484. The summed E-state index contributed by atoms with van der Waals surface area (Å²) < 4.78 is 0. The Labute approximate surface area is 251 Å². The monoisotopic (exact) mass is 582 g/mol. The second kappa shape index (κ2) is 11.9. The molecular weight excluding hydrogens is 544 g/mol. The number of nitrogens with zero attached hydrogens (tertiary/aromatic N) is 6.